The molecule has 0 spiro atoms. The molecule has 0 bridgehead atoms. The van der Waals surface area contributed by atoms with Gasteiger partial charge in [-0.3, -0.25) is 4.98 Å². The van der Waals surface area contributed by atoms with Gasteiger partial charge in [-0.1, -0.05) is 5.16 Å². The minimum atomic E-state index is 0.571. The summed E-state index contributed by atoms with van der Waals surface area (Å²) in [5.41, 5.74) is 3.16. The molecule has 2 heterocycles. The highest BCUT2D eigenvalue weighted by Crippen LogP contribution is 2.17. The lowest BCUT2D eigenvalue weighted by atomic mass is 10.2. The Morgan fingerprint density at radius 1 is 1.47 bits per heavy atom. The summed E-state index contributed by atoms with van der Waals surface area (Å²) < 4.78 is 5.07. The quantitative estimate of drug-likeness (QED) is 0.871. The first-order chi connectivity index (χ1) is 8.22. The third-order valence-electron chi connectivity index (χ3n) is 2.58. The van der Waals surface area contributed by atoms with Gasteiger partial charge in [-0.25, -0.2) is 0 Å². The lowest BCUT2D eigenvalue weighted by Gasteiger charge is -2.06. The van der Waals surface area contributed by atoms with Gasteiger partial charge in [0.2, 0.25) is 0 Å². The summed E-state index contributed by atoms with van der Waals surface area (Å²) in [5.74, 6) is 0.789. The zero-order chi connectivity index (χ0) is 12.3. The molecule has 2 aromatic heterocycles. The van der Waals surface area contributed by atoms with Crippen molar-refractivity contribution in [2.75, 3.05) is 5.32 Å². The van der Waals surface area contributed by atoms with Crippen molar-refractivity contribution in [2.45, 2.75) is 20.4 Å². The van der Waals surface area contributed by atoms with Crippen molar-refractivity contribution in [3.63, 3.8) is 0 Å². The molecule has 0 unspecified atom stereocenters. The molecule has 0 atom stereocenters. The molecular formula is C12H12N4O. The van der Waals surface area contributed by atoms with E-state index in [9.17, 15) is 0 Å². The van der Waals surface area contributed by atoms with Crippen molar-refractivity contribution in [3.05, 3.63) is 41.0 Å². The number of aryl methyl sites for hydroxylation is 2. The molecular weight excluding hydrogens is 216 g/mol. The molecule has 86 valence electrons. The molecule has 0 saturated carbocycles. The van der Waals surface area contributed by atoms with Crippen molar-refractivity contribution in [1.29, 1.82) is 5.26 Å². The molecule has 0 aliphatic heterocycles. The van der Waals surface area contributed by atoms with Crippen LogP contribution >= 0.6 is 0 Å². The smallest absolute Gasteiger partial charge is 0.138 e. The molecule has 0 fully saturated rings. The summed E-state index contributed by atoms with van der Waals surface area (Å²) in [6.07, 6.45) is 3.23. The van der Waals surface area contributed by atoms with Crippen LogP contribution in [0.15, 0.2) is 23.0 Å². The third kappa shape index (κ3) is 2.26. The van der Waals surface area contributed by atoms with Crippen LogP contribution in [-0.2, 0) is 6.54 Å². The molecule has 2 rings (SSSR count). The van der Waals surface area contributed by atoms with E-state index in [0.717, 1.165) is 22.7 Å². The van der Waals surface area contributed by atoms with E-state index in [4.69, 9.17) is 9.78 Å². The zero-order valence-corrected chi connectivity index (χ0v) is 9.69. The number of rotatable bonds is 3. The summed E-state index contributed by atoms with van der Waals surface area (Å²) >= 11 is 0. The standard InChI is InChI=1S/C12H12N4O/c1-8-11(9(2)17-16-8)6-15-12-7-14-4-3-10(12)5-13/h3-4,7,15H,6H2,1-2H3. The van der Waals surface area contributed by atoms with Crippen LogP contribution in [0.5, 0.6) is 0 Å². The predicted octanol–water partition coefficient (Wildman–Crippen LogP) is 2.17. The second-order valence-corrected chi connectivity index (χ2v) is 3.69. The summed E-state index contributed by atoms with van der Waals surface area (Å²) in [5, 5.41) is 16.0. The number of nitrogens with one attached hydrogen (secondary N) is 1. The second kappa shape index (κ2) is 4.66. The van der Waals surface area contributed by atoms with Gasteiger partial charge in [0.15, 0.2) is 0 Å². The molecule has 17 heavy (non-hydrogen) atoms. The number of nitrogens with zero attached hydrogens (tertiary/aromatic N) is 3. The molecule has 0 aliphatic carbocycles. The van der Waals surface area contributed by atoms with E-state index >= 15 is 0 Å². The minimum Gasteiger partial charge on any atom is -0.378 e. The number of anilines is 1. The Bertz CT molecular complexity index is 549. The number of aromatic nitrogens is 2. The van der Waals surface area contributed by atoms with Crippen LogP contribution in [0, 0.1) is 25.2 Å². The van der Waals surface area contributed by atoms with E-state index in [1.165, 1.54) is 0 Å². The Morgan fingerprint density at radius 3 is 2.94 bits per heavy atom. The van der Waals surface area contributed by atoms with Crippen LogP contribution in [0.1, 0.15) is 22.6 Å². The lowest BCUT2D eigenvalue weighted by molar-refractivity contribution is 0.392. The molecule has 0 amide bonds. The number of pyridine rings is 1. The number of hydrogen-bond acceptors (Lipinski definition) is 5. The lowest BCUT2D eigenvalue weighted by Crippen LogP contribution is -2.03. The number of nitriles is 1. The zero-order valence-electron chi connectivity index (χ0n) is 9.69. The normalized spacial score (nSPS) is 9.94. The van der Waals surface area contributed by atoms with E-state index in [0.29, 0.717) is 12.1 Å². The van der Waals surface area contributed by atoms with Crippen molar-refractivity contribution in [3.8, 4) is 6.07 Å². The summed E-state index contributed by atoms with van der Waals surface area (Å²) in [7, 11) is 0. The molecule has 0 radical (unpaired) electrons. The maximum Gasteiger partial charge on any atom is 0.138 e. The van der Waals surface area contributed by atoms with Crippen LogP contribution < -0.4 is 5.32 Å². The molecule has 0 saturated heterocycles. The first-order valence-electron chi connectivity index (χ1n) is 5.22. The summed E-state index contributed by atoms with van der Waals surface area (Å²) in [4.78, 5) is 3.99. The van der Waals surface area contributed by atoms with Gasteiger partial charge < -0.3 is 9.84 Å². The van der Waals surface area contributed by atoms with Crippen LogP contribution in [0.4, 0.5) is 5.69 Å². The van der Waals surface area contributed by atoms with Crippen LogP contribution in [0.3, 0.4) is 0 Å². The molecule has 0 aliphatic rings. The van der Waals surface area contributed by atoms with Crippen LogP contribution in [0.2, 0.25) is 0 Å². The topological polar surface area (TPSA) is 74.7 Å². The predicted molar refractivity (Wildman–Crippen MR) is 62.3 cm³/mol. The van der Waals surface area contributed by atoms with Gasteiger partial charge in [-0.2, -0.15) is 5.26 Å². The molecule has 5 nitrogen and oxygen atoms in total. The van der Waals surface area contributed by atoms with E-state index in [-0.39, 0.29) is 0 Å². The fourth-order valence-electron chi connectivity index (χ4n) is 1.57. The highest BCUT2D eigenvalue weighted by molar-refractivity contribution is 5.55. The maximum atomic E-state index is 8.94. The Hall–Kier alpha value is -2.35. The van der Waals surface area contributed by atoms with Crippen molar-refractivity contribution in [2.24, 2.45) is 0 Å². The first-order valence-corrected chi connectivity index (χ1v) is 5.22. The molecule has 1 N–H and O–H groups in total. The van der Waals surface area contributed by atoms with E-state index in [2.05, 4.69) is 21.5 Å². The van der Waals surface area contributed by atoms with Gasteiger partial charge in [-0.15, -0.1) is 0 Å². The van der Waals surface area contributed by atoms with Gasteiger partial charge in [0, 0.05) is 18.3 Å². The third-order valence-corrected chi connectivity index (χ3v) is 2.58. The highest BCUT2D eigenvalue weighted by Gasteiger charge is 2.09. The van der Waals surface area contributed by atoms with Crippen molar-refractivity contribution in [1.82, 2.24) is 10.1 Å². The van der Waals surface area contributed by atoms with Crippen LogP contribution in [-0.4, -0.2) is 10.1 Å². The molecule has 2 aromatic rings. The van der Waals surface area contributed by atoms with Gasteiger partial charge in [-0.05, 0) is 19.9 Å². The van der Waals surface area contributed by atoms with Crippen molar-refractivity contribution < 1.29 is 4.52 Å². The summed E-state index contributed by atoms with van der Waals surface area (Å²) in [6, 6.07) is 3.79. The summed E-state index contributed by atoms with van der Waals surface area (Å²) in [6.45, 7) is 4.33. The van der Waals surface area contributed by atoms with Crippen LogP contribution in [0.25, 0.3) is 0 Å². The minimum absolute atomic E-state index is 0.571. The van der Waals surface area contributed by atoms with E-state index in [1.54, 1.807) is 18.5 Å². The van der Waals surface area contributed by atoms with Gasteiger partial charge >= 0.3 is 0 Å². The Balaban J connectivity index is 2.16. The molecule has 0 aromatic carbocycles. The van der Waals surface area contributed by atoms with Gasteiger partial charge in [0.1, 0.15) is 11.8 Å². The SMILES string of the molecule is Cc1noc(C)c1CNc1cnccc1C#N. The fraction of sp³-hybridized carbons (Fsp3) is 0.250. The first kappa shape index (κ1) is 11.1. The average molecular weight is 228 g/mol. The highest BCUT2D eigenvalue weighted by atomic mass is 16.5. The second-order valence-electron chi connectivity index (χ2n) is 3.69. The van der Waals surface area contributed by atoms with Gasteiger partial charge in [0.25, 0.3) is 0 Å². The maximum absolute atomic E-state index is 8.94. The fourth-order valence-corrected chi connectivity index (χ4v) is 1.57. The van der Waals surface area contributed by atoms with Gasteiger partial charge in [0.05, 0.1) is 23.1 Å². The average Bonchev–Trinajstić information content (AvgIpc) is 2.67. The Morgan fingerprint density at radius 2 is 2.29 bits per heavy atom. The van der Waals surface area contributed by atoms with E-state index < -0.39 is 0 Å². The largest absolute Gasteiger partial charge is 0.378 e. The number of hydrogen-bond donors (Lipinski definition) is 1. The Labute approximate surface area is 99.1 Å². The van der Waals surface area contributed by atoms with E-state index in [1.807, 2.05) is 13.8 Å². The Kier molecular flexibility index (Phi) is 3.06. The monoisotopic (exact) mass is 228 g/mol. The molecule has 5 heteroatoms. The van der Waals surface area contributed by atoms with Crippen molar-refractivity contribution >= 4 is 5.69 Å².